The van der Waals surface area contributed by atoms with Crippen molar-refractivity contribution in [1.29, 1.82) is 0 Å². The van der Waals surface area contributed by atoms with E-state index in [4.69, 9.17) is 5.73 Å². The first-order valence-electron chi connectivity index (χ1n) is 6.30. The van der Waals surface area contributed by atoms with Crippen LogP contribution in [0.3, 0.4) is 0 Å². The lowest BCUT2D eigenvalue weighted by Crippen LogP contribution is -2.18. The zero-order valence-corrected chi connectivity index (χ0v) is 11.8. The minimum atomic E-state index is -3.28. The van der Waals surface area contributed by atoms with Crippen molar-refractivity contribution in [2.45, 2.75) is 19.8 Å². The van der Waals surface area contributed by atoms with E-state index in [1.807, 2.05) is 19.1 Å². The van der Waals surface area contributed by atoms with Gasteiger partial charge in [0.15, 0.2) is 0 Å². The Morgan fingerprint density at radius 1 is 1.42 bits per heavy atom. The van der Waals surface area contributed by atoms with Crippen molar-refractivity contribution in [3.05, 3.63) is 29.3 Å². The van der Waals surface area contributed by atoms with Gasteiger partial charge in [-0.2, -0.15) is 0 Å². The summed E-state index contributed by atoms with van der Waals surface area (Å²) in [5.74, 6) is 6.16. The van der Waals surface area contributed by atoms with Crippen molar-refractivity contribution in [2.75, 3.05) is 17.0 Å². The third-order valence-corrected chi connectivity index (χ3v) is 4.36. The van der Waals surface area contributed by atoms with Crippen LogP contribution in [0.5, 0.6) is 0 Å². The molecular formula is C14H18N2O2S. The fraction of sp³-hybridized carbons (Fsp3) is 0.429. The maximum Gasteiger partial charge on any atom is 0.233 e. The molecule has 1 aromatic carbocycles. The number of hydrogen-bond acceptors (Lipinski definition) is 3. The van der Waals surface area contributed by atoms with Gasteiger partial charge in [-0.05, 0) is 43.4 Å². The second-order valence-electron chi connectivity index (χ2n) is 4.88. The third kappa shape index (κ3) is 4.27. The smallest absolute Gasteiger partial charge is 0.233 e. The number of anilines is 1. The molecule has 0 radical (unpaired) electrons. The van der Waals surface area contributed by atoms with E-state index < -0.39 is 10.0 Å². The summed E-state index contributed by atoms with van der Waals surface area (Å²) in [5.41, 5.74) is 7.54. The topological polar surface area (TPSA) is 72.2 Å². The lowest BCUT2D eigenvalue weighted by Gasteiger charge is -2.10. The molecule has 0 bridgehead atoms. The van der Waals surface area contributed by atoms with Gasteiger partial charge in [-0.15, -0.1) is 0 Å². The zero-order chi connectivity index (χ0) is 13.9. The average Bonchev–Trinajstić information content (AvgIpc) is 3.10. The molecule has 0 spiro atoms. The Kier molecular flexibility index (Phi) is 4.13. The summed E-state index contributed by atoms with van der Waals surface area (Å²) in [6.45, 7) is 2.17. The fourth-order valence-electron chi connectivity index (χ4n) is 1.80. The first kappa shape index (κ1) is 13.9. The fourth-order valence-corrected chi connectivity index (χ4v) is 3.34. The number of nitrogens with two attached hydrogens (primary N) is 1. The molecule has 4 nitrogen and oxygen atoms in total. The maximum atomic E-state index is 12.0. The van der Waals surface area contributed by atoms with Crippen molar-refractivity contribution < 1.29 is 8.42 Å². The predicted molar refractivity (Wildman–Crippen MR) is 77.2 cm³/mol. The molecule has 5 heteroatoms. The number of sulfonamides is 1. The quantitative estimate of drug-likeness (QED) is 0.819. The second-order valence-corrected chi connectivity index (χ2v) is 6.65. The van der Waals surface area contributed by atoms with E-state index in [1.54, 1.807) is 6.07 Å². The molecule has 2 rings (SSSR count). The highest BCUT2D eigenvalue weighted by atomic mass is 32.2. The number of hydrogen-bond donors (Lipinski definition) is 2. The van der Waals surface area contributed by atoms with E-state index in [0.29, 0.717) is 17.2 Å². The molecule has 102 valence electrons. The van der Waals surface area contributed by atoms with Crippen LogP contribution in [0.15, 0.2) is 18.2 Å². The molecule has 1 fully saturated rings. The number of rotatable bonds is 4. The van der Waals surface area contributed by atoms with Crippen molar-refractivity contribution >= 4 is 15.7 Å². The van der Waals surface area contributed by atoms with Crippen LogP contribution in [0.1, 0.15) is 24.0 Å². The Morgan fingerprint density at radius 2 is 2.16 bits per heavy atom. The van der Waals surface area contributed by atoms with E-state index in [-0.39, 0.29) is 12.3 Å². The summed E-state index contributed by atoms with van der Waals surface area (Å²) in [4.78, 5) is 0. The van der Waals surface area contributed by atoms with Crippen LogP contribution in [-0.4, -0.2) is 20.7 Å². The molecule has 3 N–H and O–H groups in total. The van der Waals surface area contributed by atoms with Gasteiger partial charge in [-0.3, -0.25) is 4.72 Å². The Bertz CT molecular complexity index is 623. The Hall–Kier alpha value is -1.51. The molecule has 19 heavy (non-hydrogen) atoms. The van der Waals surface area contributed by atoms with Crippen LogP contribution < -0.4 is 10.5 Å². The predicted octanol–water partition coefficient (Wildman–Crippen LogP) is 1.46. The van der Waals surface area contributed by atoms with Crippen LogP contribution in [0.25, 0.3) is 0 Å². The van der Waals surface area contributed by atoms with E-state index in [0.717, 1.165) is 18.4 Å². The summed E-state index contributed by atoms with van der Waals surface area (Å²) in [6, 6.07) is 5.51. The van der Waals surface area contributed by atoms with Gasteiger partial charge < -0.3 is 5.73 Å². The van der Waals surface area contributed by atoms with Gasteiger partial charge in [0.2, 0.25) is 10.0 Å². The second kappa shape index (κ2) is 5.64. The standard InChI is InChI=1S/C14H18N2O2S/c1-11-4-7-13(3-2-8-15)14(9-11)16-19(17,18)10-12-5-6-12/h4,7,9,12,16H,5-6,8,10,15H2,1H3. The molecular weight excluding hydrogens is 260 g/mol. The van der Waals surface area contributed by atoms with Gasteiger partial charge in [0, 0.05) is 5.56 Å². The van der Waals surface area contributed by atoms with Crippen LogP contribution >= 0.6 is 0 Å². The first-order valence-corrected chi connectivity index (χ1v) is 7.95. The van der Waals surface area contributed by atoms with Gasteiger partial charge in [0.05, 0.1) is 18.0 Å². The highest BCUT2D eigenvalue weighted by Crippen LogP contribution is 2.31. The molecule has 0 heterocycles. The normalized spacial score (nSPS) is 14.6. The van der Waals surface area contributed by atoms with Gasteiger partial charge in [0.1, 0.15) is 0 Å². The average molecular weight is 278 g/mol. The largest absolute Gasteiger partial charge is 0.320 e. The lowest BCUT2D eigenvalue weighted by molar-refractivity contribution is 0.597. The highest BCUT2D eigenvalue weighted by Gasteiger charge is 2.28. The van der Waals surface area contributed by atoms with Crippen LogP contribution in [-0.2, 0) is 10.0 Å². The van der Waals surface area contributed by atoms with Crippen molar-refractivity contribution in [3.8, 4) is 11.8 Å². The van der Waals surface area contributed by atoms with Crippen LogP contribution in [0.4, 0.5) is 5.69 Å². The third-order valence-electron chi connectivity index (χ3n) is 2.92. The summed E-state index contributed by atoms with van der Waals surface area (Å²) >= 11 is 0. The summed E-state index contributed by atoms with van der Waals surface area (Å²) in [6.07, 6.45) is 2.02. The monoisotopic (exact) mass is 278 g/mol. The van der Waals surface area contributed by atoms with Crippen molar-refractivity contribution in [2.24, 2.45) is 11.7 Å². The minimum Gasteiger partial charge on any atom is -0.320 e. The van der Waals surface area contributed by atoms with E-state index in [2.05, 4.69) is 16.6 Å². The number of aryl methyl sites for hydroxylation is 1. The van der Waals surface area contributed by atoms with E-state index in [9.17, 15) is 8.42 Å². The van der Waals surface area contributed by atoms with Crippen LogP contribution in [0, 0.1) is 24.7 Å². The van der Waals surface area contributed by atoms with Gasteiger partial charge in [-0.25, -0.2) is 8.42 Å². The van der Waals surface area contributed by atoms with Crippen LogP contribution in [0.2, 0.25) is 0 Å². The molecule has 1 aliphatic rings. The van der Waals surface area contributed by atoms with Crippen molar-refractivity contribution in [3.63, 3.8) is 0 Å². The Balaban J connectivity index is 2.24. The molecule has 1 saturated carbocycles. The maximum absolute atomic E-state index is 12.0. The van der Waals surface area contributed by atoms with E-state index in [1.165, 1.54) is 0 Å². The Labute approximate surface area is 114 Å². The summed E-state index contributed by atoms with van der Waals surface area (Å²) in [5, 5.41) is 0. The van der Waals surface area contributed by atoms with Gasteiger partial charge in [0.25, 0.3) is 0 Å². The number of nitrogens with one attached hydrogen (secondary N) is 1. The molecule has 0 aromatic heterocycles. The molecule has 0 unspecified atom stereocenters. The lowest BCUT2D eigenvalue weighted by atomic mass is 10.1. The van der Waals surface area contributed by atoms with Gasteiger partial charge in [-0.1, -0.05) is 17.9 Å². The first-order chi connectivity index (χ1) is 9.00. The zero-order valence-electron chi connectivity index (χ0n) is 10.9. The molecule has 0 aliphatic heterocycles. The molecule has 0 saturated heterocycles. The Morgan fingerprint density at radius 3 is 2.79 bits per heavy atom. The molecule has 0 atom stereocenters. The van der Waals surface area contributed by atoms with E-state index >= 15 is 0 Å². The SMILES string of the molecule is Cc1ccc(C#CCN)c(NS(=O)(=O)CC2CC2)c1. The molecule has 0 amide bonds. The number of benzene rings is 1. The summed E-state index contributed by atoms with van der Waals surface area (Å²) < 4.78 is 26.6. The minimum absolute atomic E-state index is 0.199. The van der Waals surface area contributed by atoms with Gasteiger partial charge >= 0.3 is 0 Å². The van der Waals surface area contributed by atoms with Crippen molar-refractivity contribution in [1.82, 2.24) is 0 Å². The molecule has 1 aromatic rings. The summed E-state index contributed by atoms with van der Waals surface area (Å²) in [7, 11) is -3.28. The molecule has 1 aliphatic carbocycles. The highest BCUT2D eigenvalue weighted by molar-refractivity contribution is 7.92.